The molecule has 0 spiro atoms. The Bertz CT molecular complexity index is 1160. The van der Waals surface area contributed by atoms with E-state index in [9.17, 15) is 9.90 Å². The van der Waals surface area contributed by atoms with E-state index < -0.39 is 6.10 Å². The number of H-pyrrole nitrogens is 1. The van der Waals surface area contributed by atoms with Gasteiger partial charge >= 0.3 is 0 Å². The zero-order valence-electron chi connectivity index (χ0n) is 20.9. The van der Waals surface area contributed by atoms with Crippen LogP contribution in [-0.2, 0) is 16.0 Å². The first-order valence-corrected chi connectivity index (χ1v) is 13.7. The molecular formula is C26H35ClN4O4S. The molecule has 4 rings (SSSR count). The summed E-state index contributed by atoms with van der Waals surface area (Å²) in [6.07, 6.45) is -0.623. The summed E-state index contributed by atoms with van der Waals surface area (Å²) in [6, 6.07) is 7.46. The van der Waals surface area contributed by atoms with Crippen LogP contribution in [0.4, 0.5) is 0 Å². The third kappa shape index (κ3) is 7.58. The van der Waals surface area contributed by atoms with Crippen LogP contribution in [0.1, 0.15) is 19.7 Å². The van der Waals surface area contributed by atoms with E-state index in [-0.39, 0.29) is 12.2 Å². The monoisotopic (exact) mass is 534 g/mol. The van der Waals surface area contributed by atoms with E-state index >= 15 is 0 Å². The Morgan fingerprint density at radius 3 is 2.72 bits per heavy atom. The lowest BCUT2D eigenvalue weighted by molar-refractivity contribution is 0.000565. The van der Waals surface area contributed by atoms with E-state index in [2.05, 4.69) is 28.6 Å². The molecule has 2 N–H and O–H groups in total. The first-order valence-electron chi connectivity index (χ1n) is 12.4. The Labute approximate surface area is 220 Å². The fraction of sp³-hybridized carbons (Fsp3) is 0.538. The second-order valence-corrected chi connectivity index (χ2v) is 10.9. The molecule has 3 heterocycles. The van der Waals surface area contributed by atoms with Crippen LogP contribution < -0.4 is 5.56 Å². The quantitative estimate of drug-likeness (QED) is 0.367. The number of aromatic nitrogens is 2. The highest BCUT2D eigenvalue weighted by molar-refractivity contribution is 7.17. The summed E-state index contributed by atoms with van der Waals surface area (Å²) in [5, 5.41) is 13.8. The van der Waals surface area contributed by atoms with Crippen LogP contribution in [0.2, 0.25) is 5.02 Å². The van der Waals surface area contributed by atoms with Crippen molar-refractivity contribution in [2.75, 3.05) is 59.2 Å². The molecule has 1 saturated heterocycles. The Morgan fingerprint density at radius 1 is 1.25 bits per heavy atom. The maximum Gasteiger partial charge on any atom is 0.260 e. The summed E-state index contributed by atoms with van der Waals surface area (Å²) < 4.78 is 11.1. The summed E-state index contributed by atoms with van der Waals surface area (Å²) in [7, 11) is 0. The molecule has 1 aromatic carbocycles. The van der Waals surface area contributed by atoms with Gasteiger partial charge in [0.15, 0.2) is 0 Å². The summed E-state index contributed by atoms with van der Waals surface area (Å²) >= 11 is 7.49. The highest BCUT2D eigenvalue weighted by Crippen LogP contribution is 2.31. The van der Waals surface area contributed by atoms with Crippen molar-refractivity contribution in [3.05, 3.63) is 50.8 Å². The normalized spacial score (nSPS) is 15.8. The molecule has 0 saturated carbocycles. The molecule has 196 valence electrons. The Morgan fingerprint density at radius 2 is 2.00 bits per heavy atom. The number of aliphatic hydroxyl groups is 1. The number of morpholine rings is 1. The van der Waals surface area contributed by atoms with Crippen LogP contribution in [0.25, 0.3) is 21.3 Å². The highest BCUT2D eigenvalue weighted by atomic mass is 35.5. The SMILES string of the molecule is CC(C)COCC(O)CN(CCN1CCOCC1)Cc1nc2scc(-c3ccc(Cl)cc3)c2c(=O)[nH]1. The zero-order chi connectivity index (χ0) is 25.5. The molecule has 0 aliphatic carbocycles. The van der Waals surface area contributed by atoms with E-state index in [1.165, 1.54) is 11.3 Å². The molecular weight excluding hydrogens is 500 g/mol. The molecule has 0 radical (unpaired) electrons. The number of hydrogen-bond donors (Lipinski definition) is 2. The lowest BCUT2D eigenvalue weighted by Gasteiger charge is -2.30. The minimum atomic E-state index is -0.623. The van der Waals surface area contributed by atoms with Crippen LogP contribution >= 0.6 is 22.9 Å². The van der Waals surface area contributed by atoms with E-state index in [0.29, 0.717) is 46.7 Å². The first-order chi connectivity index (χ1) is 17.4. The van der Waals surface area contributed by atoms with Crippen LogP contribution in [0.3, 0.4) is 0 Å². The summed E-state index contributed by atoms with van der Waals surface area (Å²) in [6.45, 7) is 10.8. The van der Waals surface area contributed by atoms with Gasteiger partial charge < -0.3 is 19.6 Å². The second-order valence-electron chi connectivity index (χ2n) is 9.62. The minimum absolute atomic E-state index is 0.157. The average molecular weight is 535 g/mol. The van der Waals surface area contributed by atoms with Gasteiger partial charge in [0.2, 0.25) is 0 Å². The second kappa shape index (κ2) is 13.1. The minimum Gasteiger partial charge on any atom is -0.389 e. The number of hydrogen-bond acceptors (Lipinski definition) is 8. The highest BCUT2D eigenvalue weighted by Gasteiger charge is 2.19. The number of nitrogens with one attached hydrogen (secondary N) is 1. The molecule has 1 unspecified atom stereocenters. The molecule has 0 amide bonds. The molecule has 1 fully saturated rings. The summed E-state index contributed by atoms with van der Waals surface area (Å²) in [4.78, 5) is 26.1. The van der Waals surface area contributed by atoms with Gasteiger partial charge in [-0.25, -0.2) is 4.98 Å². The molecule has 1 aliphatic rings. The molecule has 3 aromatic rings. The third-order valence-corrected chi connectivity index (χ3v) is 7.21. The molecule has 1 aliphatic heterocycles. The summed E-state index contributed by atoms with van der Waals surface area (Å²) in [5.74, 6) is 1.01. The van der Waals surface area contributed by atoms with Crippen molar-refractivity contribution in [3.63, 3.8) is 0 Å². The number of benzene rings is 1. The maximum absolute atomic E-state index is 13.1. The number of fused-ring (bicyclic) bond motifs is 1. The van der Waals surface area contributed by atoms with Gasteiger partial charge in [-0.2, -0.15) is 0 Å². The standard InChI is InChI=1S/C26H35ClN4O4S/c1-18(2)15-35-16-21(32)13-31(8-7-30-9-11-34-12-10-30)14-23-28-25(33)24-22(17-36-26(24)29-23)19-3-5-20(27)6-4-19/h3-6,17-18,21,32H,7-16H2,1-2H3,(H,28,29,33). The van der Waals surface area contributed by atoms with E-state index in [0.717, 1.165) is 50.5 Å². The fourth-order valence-corrected chi connectivity index (χ4v) is 5.35. The smallest absolute Gasteiger partial charge is 0.260 e. The van der Waals surface area contributed by atoms with Gasteiger partial charge in [0.1, 0.15) is 10.7 Å². The summed E-state index contributed by atoms with van der Waals surface area (Å²) in [5.41, 5.74) is 1.63. The predicted octanol–water partition coefficient (Wildman–Crippen LogP) is 3.47. The van der Waals surface area contributed by atoms with Gasteiger partial charge in [-0.1, -0.05) is 37.6 Å². The molecule has 2 aromatic heterocycles. The van der Waals surface area contributed by atoms with Gasteiger partial charge in [0.05, 0.1) is 37.9 Å². The van der Waals surface area contributed by atoms with E-state index in [4.69, 9.17) is 26.1 Å². The first kappa shape index (κ1) is 27.2. The van der Waals surface area contributed by atoms with Crippen molar-refractivity contribution in [1.29, 1.82) is 0 Å². The van der Waals surface area contributed by atoms with Gasteiger partial charge in [0.25, 0.3) is 5.56 Å². The van der Waals surface area contributed by atoms with Gasteiger partial charge in [0, 0.05) is 55.3 Å². The maximum atomic E-state index is 13.1. The Balaban J connectivity index is 1.49. The lowest BCUT2D eigenvalue weighted by atomic mass is 10.1. The Hall–Kier alpha value is -1.85. The molecule has 0 bridgehead atoms. The van der Waals surface area contributed by atoms with Crippen LogP contribution in [-0.4, -0.2) is 90.1 Å². The van der Waals surface area contributed by atoms with E-state index in [1.54, 1.807) is 0 Å². The van der Waals surface area contributed by atoms with Gasteiger partial charge in [-0.05, 0) is 23.6 Å². The van der Waals surface area contributed by atoms with Crippen molar-refractivity contribution < 1.29 is 14.6 Å². The number of nitrogens with zero attached hydrogens (tertiary/aromatic N) is 3. The third-order valence-electron chi connectivity index (χ3n) is 6.09. The van der Waals surface area contributed by atoms with Crippen molar-refractivity contribution in [1.82, 2.24) is 19.8 Å². The zero-order valence-corrected chi connectivity index (χ0v) is 22.5. The van der Waals surface area contributed by atoms with Gasteiger partial charge in [-0.15, -0.1) is 11.3 Å². The topological polar surface area (TPSA) is 90.9 Å². The number of halogens is 1. The number of aromatic amines is 1. The number of aliphatic hydroxyl groups excluding tert-OH is 1. The largest absolute Gasteiger partial charge is 0.389 e. The number of rotatable bonds is 12. The molecule has 36 heavy (non-hydrogen) atoms. The lowest BCUT2D eigenvalue weighted by Crippen LogP contribution is -2.43. The van der Waals surface area contributed by atoms with Crippen molar-refractivity contribution in [2.24, 2.45) is 5.92 Å². The van der Waals surface area contributed by atoms with Gasteiger partial charge in [-0.3, -0.25) is 14.6 Å². The van der Waals surface area contributed by atoms with E-state index in [1.807, 2.05) is 29.6 Å². The average Bonchev–Trinajstić information content (AvgIpc) is 3.28. The van der Waals surface area contributed by atoms with Crippen molar-refractivity contribution in [2.45, 2.75) is 26.5 Å². The van der Waals surface area contributed by atoms with Crippen LogP contribution in [0, 0.1) is 5.92 Å². The van der Waals surface area contributed by atoms with Crippen molar-refractivity contribution >= 4 is 33.2 Å². The predicted molar refractivity (Wildman–Crippen MR) is 145 cm³/mol. The van der Waals surface area contributed by atoms with Crippen LogP contribution in [0.5, 0.6) is 0 Å². The number of thiophene rings is 1. The fourth-order valence-electron chi connectivity index (χ4n) is 4.26. The molecule has 1 atom stereocenters. The molecule has 8 nitrogen and oxygen atoms in total. The van der Waals surface area contributed by atoms with Crippen molar-refractivity contribution in [3.8, 4) is 11.1 Å². The number of ether oxygens (including phenoxy) is 2. The molecule has 10 heteroatoms. The Kier molecular flexibility index (Phi) is 9.89. The van der Waals surface area contributed by atoms with Crippen LogP contribution in [0.15, 0.2) is 34.4 Å².